The summed E-state index contributed by atoms with van der Waals surface area (Å²) in [4.78, 5) is 2.10. The third-order valence-corrected chi connectivity index (χ3v) is 10.4. The van der Waals surface area contributed by atoms with Crippen LogP contribution in [0.5, 0.6) is 5.75 Å². The van der Waals surface area contributed by atoms with E-state index in [0.717, 1.165) is 53.0 Å². The second-order valence-corrected chi connectivity index (χ2v) is 15.0. The Bertz CT molecular complexity index is 2080. The zero-order chi connectivity index (χ0) is 36.2. The number of hydrogen-bond acceptors (Lipinski definition) is 3. The molecular formula is C44H45BCl2N2O2. The number of aromatic nitrogens is 1. The van der Waals surface area contributed by atoms with Gasteiger partial charge in [-0.3, -0.25) is 0 Å². The molecule has 4 nitrogen and oxygen atoms in total. The molecule has 0 radical (unpaired) electrons. The van der Waals surface area contributed by atoms with Gasteiger partial charge in [0, 0.05) is 28.7 Å². The van der Waals surface area contributed by atoms with E-state index >= 15 is 0 Å². The van der Waals surface area contributed by atoms with Crippen molar-refractivity contribution in [3.8, 4) is 5.75 Å². The van der Waals surface area contributed by atoms with E-state index < -0.39 is 6.15 Å². The molecule has 0 atom stereocenters. The summed E-state index contributed by atoms with van der Waals surface area (Å²) in [6, 6.07) is 44.3. The maximum atomic E-state index is 6.15. The number of aryl methyl sites for hydroxylation is 1. The molecular weight excluding hydrogens is 670 g/mol. The van der Waals surface area contributed by atoms with Crippen molar-refractivity contribution in [1.29, 1.82) is 0 Å². The maximum absolute atomic E-state index is 6.15. The van der Waals surface area contributed by atoms with Crippen LogP contribution in [-0.4, -0.2) is 12.7 Å². The molecule has 0 N–H and O–H groups in total. The van der Waals surface area contributed by atoms with Crippen LogP contribution in [0.1, 0.15) is 47.4 Å². The number of benzene rings is 5. The SMILES string of the molecule is CC(C)(C)[B-](c1ccccc1)(c1ccccc1)c1ccccc1.CCN1/C(=C/C(C)=C/c2oc3ccc(Cl)cc3[n+]2CC)Oc2ccc(Cl)cc21. The van der Waals surface area contributed by atoms with Crippen molar-refractivity contribution >= 4 is 68.6 Å². The number of nitrogens with zero attached hydrogens (tertiary/aromatic N) is 2. The summed E-state index contributed by atoms with van der Waals surface area (Å²) in [6.07, 6.45) is 2.97. The van der Waals surface area contributed by atoms with Crippen molar-refractivity contribution in [2.45, 2.75) is 53.4 Å². The summed E-state index contributed by atoms with van der Waals surface area (Å²) in [7, 11) is 0. The van der Waals surface area contributed by atoms with Gasteiger partial charge in [0.2, 0.25) is 11.5 Å². The lowest BCUT2D eigenvalue weighted by atomic mass is 9.07. The number of ether oxygens (including phenoxy) is 1. The fourth-order valence-corrected chi connectivity index (χ4v) is 8.08. The van der Waals surface area contributed by atoms with Gasteiger partial charge in [-0.25, -0.2) is 0 Å². The molecule has 6 aromatic rings. The van der Waals surface area contributed by atoms with Gasteiger partial charge in [0.05, 0.1) is 17.9 Å². The van der Waals surface area contributed by atoms with E-state index in [4.69, 9.17) is 32.4 Å². The number of halogens is 2. The van der Waals surface area contributed by atoms with Crippen LogP contribution in [0.15, 0.2) is 149 Å². The standard InChI is InChI=1S/C22H24B.C22H21Cl2N2O2/c1-22(2,3)23(19-13-7-4-8-14-19,20-15-9-5-10-16-20)21-17-11-6-12-18-21;1-4-25-17-12-15(23)6-8-19(17)27-21(25)10-14(3)11-22-26(5-2)18-13-16(24)7-9-20(18)28-22/h4-18H,1-3H3;6-13H,4-5H2,1-3H3/q-1;+1. The zero-order valence-electron chi connectivity index (χ0n) is 30.2. The van der Waals surface area contributed by atoms with Crippen molar-refractivity contribution in [2.24, 2.45) is 0 Å². The predicted molar refractivity (Wildman–Crippen MR) is 218 cm³/mol. The minimum Gasteiger partial charge on any atom is -0.439 e. The minimum atomic E-state index is -1.06. The van der Waals surface area contributed by atoms with Crippen LogP contribution in [0.25, 0.3) is 17.2 Å². The summed E-state index contributed by atoms with van der Waals surface area (Å²) in [6.45, 7) is 14.8. The molecule has 51 heavy (non-hydrogen) atoms. The molecule has 0 unspecified atom stereocenters. The fraction of sp³-hybridized carbons (Fsp3) is 0.205. The molecule has 0 saturated heterocycles. The average Bonchev–Trinajstić information content (AvgIpc) is 3.64. The van der Waals surface area contributed by atoms with Gasteiger partial charge in [-0.05, 0) is 56.7 Å². The smallest absolute Gasteiger partial charge is 0.374 e. The van der Waals surface area contributed by atoms with Gasteiger partial charge in [-0.2, -0.15) is 21.0 Å². The molecule has 0 amide bonds. The van der Waals surface area contributed by atoms with E-state index in [1.165, 1.54) is 16.4 Å². The second-order valence-electron chi connectivity index (χ2n) is 14.1. The third kappa shape index (κ3) is 7.24. The van der Waals surface area contributed by atoms with Crippen LogP contribution in [-0.2, 0) is 6.54 Å². The quantitative estimate of drug-likeness (QED) is 0.122. The van der Waals surface area contributed by atoms with Crippen molar-refractivity contribution in [2.75, 3.05) is 11.4 Å². The van der Waals surface area contributed by atoms with Crippen LogP contribution in [0, 0.1) is 0 Å². The highest BCUT2D eigenvalue weighted by Gasteiger charge is 2.39. The Labute approximate surface area is 312 Å². The molecule has 0 bridgehead atoms. The predicted octanol–water partition coefficient (Wildman–Crippen LogP) is 10.2. The first kappa shape index (κ1) is 36.1. The molecule has 0 saturated carbocycles. The molecule has 5 aromatic carbocycles. The molecule has 7 heteroatoms. The molecule has 1 aliphatic rings. The van der Waals surface area contributed by atoms with Gasteiger partial charge < -0.3 is 14.1 Å². The fourth-order valence-electron chi connectivity index (χ4n) is 7.75. The van der Waals surface area contributed by atoms with Crippen molar-refractivity contribution in [1.82, 2.24) is 0 Å². The van der Waals surface area contributed by atoms with E-state index in [9.17, 15) is 0 Å². The third-order valence-electron chi connectivity index (χ3n) is 9.92. The average molecular weight is 716 g/mol. The highest BCUT2D eigenvalue weighted by Crippen LogP contribution is 2.41. The lowest BCUT2D eigenvalue weighted by Crippen LogP contribution is -2.72. The topological polar surface area (TPSA) is 29.5 Å². The van der Waals surface area contributed by atoms with Gasteiger partial charge in [-0.1, -0.05) is 135 Å². The van der Waals surface area contributed by atoms with Crippen molar-refractivity contribution < 1.29 is 13.7 Å². The van der Waals surface area contributed by atoms with Crippen LogP contribution < -0.4 is 30.6 Å². The minimum absolute atomic E-state index is 0.0874. The first-order valence-electron chi connectivity index (χ1n) is 17.7. The van der Waals surface area contributed by atoms with Gasteiger partial charge in [-0.15, -0.1) is 5.31 Å². The summed E-state index contributed by atoms with van der Waals surface area (Å²) in [5.41, 5.74) is 7.99. The van der Waals surface area contributed by atoms with Crippen molar-refractivity contribution in [3.63, 3.8) is 0 Å². The molecule has 0 aliphatic carbocycles. The first-order valence-corrected chi connectivity index (χ1v) is 18.4. The number of allylic oxidation sites excluding steroid dienone is 2. The lowest BCUT2D eigenvalue weighted by Gasteiger charge is -2.54. The summed E-state index contributed by atoms with van der Waals surface area (Å²) in [5.74, 6) is 2.36. The summed E-state index contributed by atoms with van der Waals surface area (Å²) < 4.78 is 14.2. The Morgan fingerprint density at radius 3 is 1.78 bits per heavy atom. The number of fused-ring (bicyclic) bond motifs is 2. The molecule has 7 rings (SSSR count). The van der Waals surface area contributed by atoms with E-state index in [1.807, 2.05) is 55.5 Å². The van der Waals surface area contributed by atoms with E-state index in [2.05, 4.69) is 135 Å². The van der Waals surface area contributed by atoms with E-state index in [1.54, 1.807) is 0 Å². The molecule has 260 valence electrons. The van der Waals surface area contributed by atoms with Crippen LogP contribution in [0.4, 0.5) is 5.69 Å². The largest absolute Gasteiger partial charge is 0.439 e. The Morgan fingerprint density at radius 1 is 0.745 bits per heavy atom. The van der Waals surface area contributed by atoms with E-state index in [-0.39, 0.29) is 5.31 Å². The van der Waals surface area contributed by atoms with E-state index in [0.29, 0.717) is 10.0 Å². The van der Waals surface area contributed by atoms with Crippen LogP contribution in [0.3, 0.4) is 0 Å². The first-order chi connectivity index (χ1) is 24.6. The Morgan fingerprint density at radius 2 is 1.27 bits per heavy atom. The Hall–Kier alpha value is -4.71. The van der Waals surface area contributed by atoms with Crippen molar-refractivity contribution in [3.05, 3.63) is 161 Å². The molecule has 1 aromatic heterocycles. The molecule has 0 fully saturated rings. The van der Waals surface area contributed by atoms with Gasteiger partial charge >= 0.3 is 5.89 Å². The van der Waals surface area contributed by atoms with Gasteiger partial charge in [0.1, 0.15) is 6.54 Å². The van der Waals surface area contributed by atoms with Crippen LogP contribution in [0.2, 0.25) is 15.4 Å². The number of rotatable bonds is 7. The number of oxazole rings is 1. The second kappa shape index (κ2) is 15.3. The zero-order valence-corrected chi connectivity index (χ0v) is 31.7. The molecule has 0 spiro atoms. The Kier molecular flexibility index (Phi) is 10.8. The molecule has 2 heterocycles. The molecule has 1 aliphatic heterocycles. The van der Waals surface area contributed by atoms with Gasteiger partial charge in [0.15, 0.2) is 5.75 Å². The number of anilines is 1. The summed E-state index contributed by atoms with van der Waals surface area (Å²) >= 11 is 12.3. The highest BCUT2D eigenvalue weighted by molar-refractivity contribution is 7.13. The normalized spacial score (nSPS) is 13.9. The maximum Gasteiger partial charge on any atom is 0.374 e. The highest BCUT2D eigenvalue weighted by atomic mass is 35.5. The lowest BCUT2D eigenvalue weighted by molar-refractivity contribution is -0.674. The monoisotopic (exact) mass is 714 g/mol. The number of hydrogen-bond donors (Lipinski definition) is 0. The Balaban J connectivity index is 0.000000179. The van der Waals surface area contributed by atoms with Gasteiger partial charge in [0.25, 0.3) is 5.52 Å². The summed E-state index contributed by atoms with van der Waals surface area (Å²) in [5, 5.41) is 1.47. The van der Waals surface area contributed by atoms with Crippen LogP contribution >= 0.6 is 23.2 Å².